The Morgan fingerprint density at radius 3 is 2.29 bits per heavy atom. The zero-order valence-electron chi connectivity index (χ0n) is 16.4. The van der Waals surface area contributed by atoms with E-state index in [2.05, 4.69) is 5.32 Å². The van der Waals surface area contributed by atoms with Crippen LogP contribution >= 0.6 is 0 Å². The molecule has 148 valence electrons. The minimum absolute atomic E-state index is 0.0530. The fraction of sp³-hybridized carbons (Fsp3) is 0.435. The Balaban J connectivity index is 1.37. The molecule has 1 unspecified atom stereocenters. The van der Waals surface area contributed by atoms with Crippen LogP contribution in [0.4, 0.5) is 10.5 Å². The number of urea groups is 1. The lowest BCUT2D eigenvalue weighted by Crippen LogP contribution is -2.34. The standard InChI is InChI=1S/C23H28N2O3/c1-27-19-12-8-17(9-13-19)22-7-4-16-25(22)23(26)24-18-10-14-21(15-11-18)28-20-5-2-3-6-20/h8-15,20,22H,2-7,16H2,1H3,(H,24,26). The Labute approximate surface area is 166 Å². The van der Waals surface area contributed by atoms with Gasteiger partial charge in [-0.25, -0.2) is 4.79 Å². The second kappa shape index (κ2) is 8.55. The van der Waals surface area contributed by atoms with Gasteiger partial charge in [-0.15, -0.1) is 0 Å². The number of rotatable bonds is 5. The molecule has 2 aromatic carbocycles. The number of nitrogens with zero attached hydrogens (tertiary/aromatic N) is 1. The van der Waals surface area contributed by atoms with Crippen LogP contribution in [0.3, 0.4) is 0 Å². The highest BCUT2D eigenvalue weighted by molar-refractivity contribution is 5.89. The van der Waals surface area contributed by atoms with E-state index in [0.29, 0.717) is 6.10 Å². The molecule has 2 aliphatic rings. The summed E-state index contributed by atoms with van der Waals surface area (Å²) in [4.78, 5) is 14.8. The highest BCUT2D eigenvalue weighted by atomic mass is 16.5. The van der Waals surface area contributed by atoms with E-state index in [1.807, 2.05) is 53.4 Å². The Morgan fingerprint density at radius 2 is 1.61 bits per heavy atom. The number of hydrogen-bond donors (Lipinski definition) is 1. The molecule has 0 radical (unpaired) electrons. The van der Waals surface area contributed by atoms with Crippen molar-refractivity contribution in [1.82, 2.24) is 4.90 Å². The molecule has 1 atom stereocenters. The lowest BCUT2D eigenvalue weighted by molar-refractivity contribution is 0.206. The van der Waals surface area contributed by atoms with Gasteiger partial charge in [-0.3, -0.25) is 0 Å². The van der Waals surface area contributed by atoms with Gasteiger partial charge in [-0.05, 0) is 80.5 Å². The Hall–Kier alpha value is -2.69. The van der Waals surface area contributed by atoms with Crippen molar-refractivity contribution in [3.05, 3.63) is 54.1 Å². The molecule has 5 nitrogen and oxygen atoms in total. The second-order valence-corrected chi connectivity index (χ2v) is 7.60. The van der Waals surface area contributed by atoms with E-state index in [9.17, 15) is 4.79 Å². The Morgan fingerprint density at radius 1 is 0.929 bits per heavy atom. The first kappa shape index (κ1) is 18.7. The number of carbonyl (C=O) groups excluding carboxylic acids is 1. The number of hydrogen-bond acceptors (Lipinski definition) is 3. The van der Waals surface area contributed by atoms with Gasteiger partial charge in [0.15, 0.2) is 0 Å². The van der Waals surface area contributed by atoms with E-state index in [1.54, 1.807) is 7.11 Å². The first-order chi connectivity index (χ1) is 13.7. The molecule has 2 fully saturated rings. The summed E-state index contributed by atoms with van der Waals surface area (Å²) in [5.74, 6) is 1.71. The SMILES string of the molecule is COc1ccc(C2CCCN2C(=O)Nc2ccc(OC3CCCC3)cc2)cc1. The summed E-state index contributed by atoms with van der Waals surface area (Å²) >= 11 is 0. The molecule has 4 rings (SSSR count). The van der Waals surface area contributed by atoms with Gasteiger partial charge in [0.25, 0.3) is 0 Å². The third-order valence-corrected chi connectivity index (χ3v) is 5.72. The van der Waals surface area contributed by atoms with Crippen molar-refractivity contribution in [3.63, 3.8) is 0 Å². The maximum atomic E-state index is 12.8. The van der Waals surface area contributed by atoms with Crippen LogP contribution in [0.25, 0.3) is 0 Å². The number of likely N-dealkylation sites (tertiary alicyclic amines) is 1. The van der Waals surface area contributed by atoms with Crippen LogP contribution in [0.2, 0.25) is 0 Å². The van der Waals surface area contributed by atoms with Crippen molar-refractivity contribution < 1.29 is 14.3 Å². The normalized spacial score (nSPS) is 19.6. The highest BCUT2D eigenvalue weighted by Crippen LogP contribution is 2.33. The molecule has 1 heterocycles. The van der Waals surface area contributed by atoms with Crippen LogP contribution in [0.15, 0.2) is 48.5 Å². The summed E-state index contributed by atoms with van der Waals surface area (Å²) in [6, 6.07) is 15.8. The smallest absolute Gasteiger partial charge is 0.322 e. The molecule has 1 N–H and O–H groups in total. The average molecular weight is 380 g/mol. The van der Waals surface area contributed by atoms with Crippen molar-refractivity contribution in [2.75, 3.05) is 19.0 Å². The van der Waals surface area contributed by atoms with Crippen LogP contribution in [-0.4, -0.2) is 30.7 Å². The van der Waals surface area contributed by atoms with Crippen molar-refractivity contribution in [2.24, 2.45) is 0 Å². The monoisotopic (exact) mass is 380 g/mol. The van der Waals surface area contributed by atoms with E-state index in [0.717, 1.165) is 55.0 Å². The van der Waals surface area contributed by atoms with E-state index in [1.165, 1.54) is 12.8 Å². The molecule has 1 saturated heterocycles. The fourth-order valence-corrected chi connectivity index (χ4v) is 4.19. The predicted octanol–water partition coefficient (Wildman–Crippen LogP) is 5.39. The van der Waals surface area contributed by atoms with Gasteiger partial charge >= 0.3 is 6.03 Å². The molecule has 0 aromatic heterocycles. The molecule has 5 heteroatoms. The average Bonchev–Trinajstić information content (AvgIpc) is 3.41. The van der Waals surface area contributed by atoms with E-state index < -0.39 is 0 Å². The number of benzene rings is 2. The summed E-state index contributed by atoms with van der Waals surface area (Å²) in [5, 5.41) is 3.03. The highest BCUT2D eigenvalue weighted by Gasteiger charge is 2.30. The van der Waals surface area contributed by atoms with Gasteiger partial charge in [0.05, 0.1) is 19.3 Å². The van der Waals surface area contributed by atoms with Gasteiger partial charge in [-0.2, -0.15) is 0 Å². The number of nitrogens with one attached hydrogen (secondary N) is 1. The number of anilines is 1. The molecule has 28 heavy (non-hydrogen) atoms. The maximum absolute atomic E-state index is 12.8. The number of amides is 2. The van der Waals surface area contributed by atoms with Gasteiger partial charge in [0.1, 0.15) is 11.5 Å². The molecule has 2 aromatic rings. The van der Waals surface area contributed by atoms with Crippen LogP contribution in [0, 0.1) is 0 Å². The molecule has 1 aliphatic heterocycles. The zero-order valence-corrected chi connectivity index (χ0v) is 16.4. The lowest BCUT2D eigenvalue weighted by Gasteiger charge is -2.25. The molecule has 1 saturated carbocycles. The maximum Gasteiger partial charge on any atom is 0.322 e. The van der Waals surface area contributed by atoms with Crippen molar-refractivity contribution >= 4 is 11.7 Å². The molecule has 0 bridgehead atoms. The largest absolute Gasteiger partial charge is 0.497 e. The molecular weight excluding hydrogens is 352 g/mol. The Kier molecular flexibility index (Phi) is 5.70. The van der Waals surface area contributed by atoms with E-state index >= 15 is 0 Å². The minimum atomic E-state index is -0.0530. The summed E-state index contributed by atoms with van der Waals surface area (Å²) in [7, 11) is 1.66. The van der Waals surface area contributed by atoms with Crippen LogP contribution in [-0.2, 0) is 0 Å². The quantitative estimate of drug-likeness (QED) is 0.757. The summed E-state index contributed by atoms with van der Waals surface area (Å²) in [6.07, 6.45) is 7.12. The number of carbonyl (C=O) groups is 1. The topological polar surface area (TPSA) is 50.8 Å². The zero-order chi connectivity index (χ0) is 19.3. The third-order valence-electron chi connectivity index (χ3n) is 5.72. The molecular formula is C23H28N2O3. The van der Waals surface area contributed by atoms with Crippen molar-refractivity contribution in [1.29, 1.82) is 0 Å². The van der Waals surface area contributed by atoms with E-state index in [-0.39, 0.29) is 12.1 Å². The van der Waals surface area contributed by atoms with Gasteiger partial charge in [0, 0.05) is 12.2 Å². The van der Waals surface area contributed by atoms with Gasteiger partial charge in [-0.1, -0.05) is 12.1 Å². The van der Waals surface area contributed by atoms with E-state index in [4.69, 9.17) is 9.47 Å². The molecule has 2 amide bonds. The molecule has 0 spiro atoms. The van der Waals surface area contributed by atoms with Gasteiger partial charge < -0.3 is 19.7 Å². The van der Waals surface area contributed by atoms with Crippen LogP contribution < -0.4 is 14.8 Å². The predicted molar refractivity (Wildman–Crippen MR) is 110 cm³/mol. The second-order valence-electron chi connectivity index (χ2n) is 7.60. The summed E-state index contributed by atoms with van der Waals surface area (Å²) in [5.41, 5.74) is 1.94. The Bertz CT molecular complexity index is 782. The fourth-order valence-electron chi connectivity index (χ4n) is 4.19. The van der Waals surface area contributed by atoms with Crippen molar-refractivity contribution in [2.45, 2.75) is 50.7 Å². The summed E-state index contributed by atoms with van der Waals surface area (Å²) < 4.78 is 11.2. The van der Waals surface area contributed by atoms with Crippen LogP contribution in [0.5, 0.6) is 11.5 Å². The number of methoxy groups -OCH3 is 1. The number of ether oxygens (including phenoxy) is 2. The minimum Gasteiger partial charge on any atom is -0.497 e. The molecule has 1 aliphatic carbocycles. The van der Waals surface area contributed by atoms with Crippen LogP contribution in [0.1, 0.15) is 50.1 Å². The third kappa shape index (κ3) is 4.24. The van der Waals surface area contributed by atoms with Crippen molar-refractivity contribution in [3.8, 4) is 11.5 Å². The first-order valence-electron chi connectivity index (χ1n) is 10.2. The van der Waals surface area contributed by atoms with Gasteiger partial charge in [0.2, 0.25) is 0 Å². The lowest BCUT2D eigenvalue weighted by atomic mass is 10.0. The first-order valence-corrected chi connectivity index (χ1v) is 10.2. The summed E-state index contributed by atoms with van der Waals surface area (Å²) in [6.45, 7) is 0.769.